The number of anilines is 1. The first-order valence-electron chi connectivity index (χ1n) is 13.2. The smallest absolute Gasteiger partial charge is 0.264 e. The Morgan fingerprint density at radius 3 is 2.15 bits per heavy atom. The molecule has 0 saturated carbocycles. The summed E-state index contributed by atoms with van der Waals surface area (Å²) in [5.41, 5.74) is 0.980. The molecule has 0 radical (unpaired) electrons. The van der Waals surface area contributed by atoms with E-state index in [-0.39, 0.29) is 29.1 Å². The van der Waals surface area contributed by atoms with Gasteiger partial charge in [-0.1, -0.05) is 61.0 Å². The molecule has 0 fully saturated rings. The van der Waals surface area contributed by atoms with Crippen molar-refractivity contribution in [1.82, 2.24) is 10.2 Å². The fraction of sp³-hybridized carbons (Fsp3) is 0.333. The van der Waals surface area contributed by atoms with Crippen LogP contribution in [0.25, 0.3) is 0 Å². The van der Waals surface area contributed by atoms with Gasteiger partial charge in [0.05, 0.1) is 17.2 Å². The maximum atomic E-state index is 14.1. The molecule has 8 nitrogen and oxygen atoms in total. The van der Waals surface area contributed by atoms with E-state index in [2.05, 4.69) is 5.32 Å². The molecule has 0 spiro atoms. The van der Waals surface area contributed by atoms with Crippen molar-refractivity contribution in [2.75, 3.05) is 17.5 Å². The molecule has 3 rings (SSSR count). The van der Waals surface area contributed by atoms with Crippen molar-refractivity contribution in [3.05, 3.63) is 89.4 Å². The predicted octanol–water partition coefficient (Wildman–Crippen LogP) is 5.27. The van der Waals surface area contributed by atoms with Crippen LogP contribution in [0.3, 0.4) is 0 Å². The fourth-order valence-corrected chi connectivity index (χ4v) is 5.83. The summed E-state index contributed by atoms with van der Waals surface area (Å²) in [5, 5.41) is 3.43. The Balaban J connectivity index is 2.09. The molecule has 3 aromatic carbocycles. The Bertz CT molecular complexity index is 1380. The molecule has 0 aromatic heterocycles. The quantitative estimate of drug-likeness (QED) is 0.295. The molecular weight excluding hydrogens is 550 g/mol. The van der Waals surface area contributed by atoms with Crippen LogP contribution in [-0.2, 0) is 26.2 Å². The van der Waals surface area contributed by atoms with Gasteiger partial charge < -0.3 is 15.0 Å². The van der Waals surface area contributed by atoms with E-state index in [0.717, 1.165) is 9.87 Å². The molecule has 0 aliphatic carbocycles. The van der Waals surface area contributed by atoms with Crippen LogP contribution in [0.4, 0.5) is 5.69 Å². The first-order valence-corrected chi connectivity index (χ1v) is 15.0. The minimum absolute atomic E-state index is 0.0305. The summed E-state index contributed by atoms with van der Waals surface area (Å²) >= 11 is 6.06. The lowest BCUT2D eigenvalue weighted by atomic mass is 10.1. The highest BCUT2D eigenvalue weighted by atomic mass is 35.5. The standard InChI is InChI=1S/C30H36ClN3O5S/c1-5-26(30(36)32-22(3)4)33(20-23-16-18-24(31)19-17-23)29(35)21-34(27-14-10-11-15-28(27)39-6-2)40(37,38)25-12-8-7-9-13-25/h7-19,22,26H,5-6,20-21H2,1-4H3,(H,32,36). The molecule has 214 valence electrons. The zero-order valence-corrected chi connectivity index (χ0v) is 24.8. The summed E-state index contributed by atoms with van der Waals surface area (Å²) in [6, 6.07) is 20.6. The van der Waals surface area contributed by atoms with Crippen LogP contribution in [0, 0.1) is 0 Å². The lowest BCUT2D eigenvalue weighted by Gasteiger charge is -2.34. The van der Waals surface area contributed by atoms with E-state index in [1.165, 1.54) is 17.0 Å². The second kappa shape index (κ2) is 14.2. The highest BCUT2D eigenvalue weighted by molar-refractivity contribution is 7.92. The number of ether oxygens (including phenoxy) is 1. The highest BCUT2D eigenvalue weighted by Crippen LogP contribution is 2.33. The predicted molar refractivity (Wildman–Crippen MR) is 158 cm³/mol. The Kier molecular flexibility index (Phi) is 11.0. The minimum Gasteiger partial charge on any atom is -0.492 e. The van der Waals surface area contributed by atoms with Gasteiger partial charge >= 0.3 is 0 Å². The normalized spacial score (nSPS) is 12.1. The second-order valence-corrected chi connectivity index (χ2v) is 11.8. The molecule has 0 saturated heterocycles. The molecular formula is C30H36ClN3O5S. The van der Waals surface area contributed by atoms with Crippen LogP contribution in [-0.4, -0.2) is 50.4 Å². The number of nitrogens with zero attached hydrogens (tertiary/aromatic N) is 2. The number of sulfonamides is 1. The summed E-state index contributed by atoms with van der Waals surface area (Å²) < 4.78 is 34.7. The monoisotopic (exact) mass is 585 g/mol. The van der Waals surface area contributed by atoms with Crippen molar-refractivity contribution < 1.29 is 22.7 Å². The average molecular weight is 586 g/mol. The van der Waals surface area contributed by atoms with E-state index in [0.29, 0.717) is 23.8 Å². The Morgan fingerprint density at radius 1 is 0.925 bits per heavy atom. The Morgan fingerprint density at radius 2 is 1.55 bits per heavy atom. The number of amides is 2. The number of nitrogens with one attached hydrogen (secondary N) is 1. The van der Waals surface area contributed by atoms with E-state index in [1.807, 2.05) is 20.8 Å². The van der Waals surface area contributed by atoms with Gasteiger partial charge in [0.1, 0.15) is 18.3 Å². The maximum Gasteiger partial charge on any atom is 0.264 e. The summed E-state index contributed by atoms with van der Waals surface area (Å²) in [7, 11) is -4.19. The summed E-state index contributed by atoms with van der Waals surface area (Å²) in [6.07, 6.45) is 0.332. The largest absolute Gasteiger partial charge is 0.492 e. The van der Waals surface area contributed by atoms with Gasteiger partial charge in [-0.05, 0) is 69.2 Å². The minimum atomic E-state index is -4.19. The highest BCUT2D eigenvalue weighted by Gasteiger charge is 2.34. The molecule has 3 aromatic rings. The van der Waals surface area contributed by atoms with Crippen molar-refractivity contribution in [3.8, 4) is 5.75 Å². The molecule has 1 unspecified atom stereocenters. The summed E-state index contributed by atoms with van der Waals surface area (Å²) in [6.45, 7) is 7.15. The molecule has 0 heterocycles. The van der Waals surface area contributed by atoms with Gasteiger partial charge in [-0.3, -0.25) is 13.9 Å². The number of rotatable bonds is 13. The number of hydrogen-bond donors (Lipinski definition) is 1. The number of para-hydroxylation sites is 2. The number of carbonyl (C=O) groups excluding carboxylic acids is 2. The molecule has 40 heavy (non-hydrogen) atoms. The van der Waals surface area contributed by atoms with Crippen molar-refractivity contribution in [2.24, 2.45) is 0 Å². The lowest BCUT2D eigenvalue weighted by molar-refractivity contribution is -0.140. The first kappa shape index (κ1) is 31.0. The Hall–Kier alpha value is -3.56. The summed E-state index contributed by atoms with van der Waals surface area (Å²) in [4.78, 5) is 28.8. The van der Waals surface area contributed by atoms with Gasteiger partial charge in [0.15, 0.2) is 0 Å². The molecule has 0 aliphatic heterocycles. The van der Waals surface area contributed by atoms with Gasteiger partial charge in [0.25, 0.3) is 10.0 Å². The topological polar surface area (TPSA) is 96.0 Å². The van der Waals surface area contributed by atoms with Crippen molar-refractivity contribution in [2.45, 2.75) is 57.6 Å². The van der Waals surface area contributed by atoms with E-state index >= 15 is 0 Å². The Labute approximate surface area is 241 Å². The van der Waals surface area contributed by atoms with Crippen LogP contribution in [0.2, 0.25) is 5.02 Å². The molecule has 0 bridgehead atoms. The van der Waals surface area contributed by atoms with Crippen LogP contribution >= 0.6 is 11.6 Å². The zero-order chi connectivity index (χ0) is 29.3. The third kappa shape index (κ3) is 7.76. The van der Waals surface area contributed by atoms with E-state index in [9.17, 15) is 18.0 Å². The van der Waals surface area contributed by atoms with Crippen molar-refractivity contribution in [3.63, 3.8) is 0 Å². The van der Waals surface area contributed by atoms with Gasteiger partial charge in [0.2, 0.25) is 11.8 Å². The number of hydrogen-bond acceptors (Lipinski definition) is 5. The SMILES string of the molecule is CCOc1ccccc1N(CC(=O)N(Cc1ccc(Cl)cc1)C(CC)C(=O)NC(C)C)S(=O)(=O)c1ccccc1. The first-order chi connectivity index (χ1) is 19.1. The van der Waals surface area contributed by atoms with Crippen LogP contribution in [0.5, 0.6) is 5.75 Å². The third-order valence-electron chi connectivity index (χ3n) is 6.13. The third-order valence-corrected chi connectivity index (χ3v) is 8.15. The van der Waals surface area contributed by atoms with Gasteiger partial charge in [-0.15, -0.1) is 0 Å². The molecule has 10 heteroatoms. The van der Waals surface area contributed by atoms with Crippen LogP contribution in [0.1, 0.15) is 39.7 Å². The van der Waals surface area contributed by atoms with E-state index in [4.69, 9.17) is 16.3 Å². The summed E-state index contributed by atoms with van der Waals surface area (Å²) in [5.74, 6) is -0.523. The van der Waals surface area contributed by atoms with E-state index in [1.54, 1.807) is 73.7 Å². The maximum absolute atomic E-state index is 14.1. The lowest BCUT2D eigenvalue weighted by Crippen LogP contribution is -2.53. The van der Waals surface area contributed by atoms with Crippen LogP contribution < -0.4 is 14.4 Å². The average Bonchev–Trinajstić information content (AvgIpc) is 2.93. The number of halogens is 1. The zero-order valence-electron chi connectivity index (χ0n) is 23.2. The van der Waals surface area contributed by atoms with Crippen LogP contribution in [0.15, 0.2) is 83.8 Å². The van der Waals surface area contributed by atoms with Gasteiger partial charge in [-0.2, -0.15) is 0 Å². The van der Waals surface area contributed by atoms with Crippen molar-refractivity contribution >= 4 is 39.1 Å². The van der Waals surface area contributed by atoms with Crippen molar-refractivity contribution in [1.29, 1.82) is 0 Å². The number of carbonyl (C=O) groups is 2. The molecule has 0 aliphatic rings. The van der Waals surface area contributed by atoms with Gasteiger partial charge in [-0.25, -0.2) is 8.42 Å². The molecule has 2 amide bonds. The number of benzene rings is 3. The molecule has 1 atom stereocenters. The van der Waals surface area contributed by atoms with Gasteiger partial charge in [0, 0.05) is 17.6 Å². The fourth-order valence-electron chi connectivity index (χ4n) is 4.26. The second-order valence-electron chi connectivity index (χ2n) is 9.46. The molecule has 1 N–H and O–H groups in total. The van der Waals surface area contributed by atoms with E-state index < -0.39 is 28.5 Å².